The minimum Gasteiger partial charge on any atom is -0.454 e. The molecule has 0 radical (unpaired) electrons. The Balaban J connectivity index is 1.71. The van der Waals surface area contributed by atoms with E-state index in [1.807, 2.05) is 32.0 Å². The Bertz CT molecular complexity index is 916. The molecule has 2 aromatic rings. The second-order valence-corrected chi connectivity index (χ2v) is 7.83. The first-order valence-corrected chi connectivity index (χ1v) is 10.6. The Kier molecular flexibility index (Phi) is 7.50. The topological polar surface area (TPSA) is 67.9 Å². The molecular formula is C24H29FN2O4. The van der Waals surface area contributed by atoms with Crippen molar-refractivity contribution in [2.24, 2.45) is 0 Å². The Morgan fingerprint density at radius 3 is 2.45 bits per heavy atom. The fourth-order valence-corrected chi connectivity index (χ4v) is 3.33. The van der Waals surface area contributed by atoms with Gasteiger partial charge in [0, 0.05) is 19.0 Å². The summed E-state index contributed by atoms with van der Waals surface area (Å²) in [6.07, 6.45) is 1.55. The third-order valence-corrected chi connectivity index (χ3v) is 5.50. The number of carbonyl (C=O) groups is 2. The van der Waals surface area contributed by atoms with Crippen molar-refractivity contribution >= 4 is 11.8 Å². The molecule has 0 fully saturated rings. The van der Waals surface area contributed by atoms with Crippen LogP contribution in [0.25, 0.3) is 0 Å². The molecule has 0 saturated heterocycles. The van der Waals surface area contributed by atoms with Crippen LogP contribution in [0.4, 0.5) is 4.39 Å². The monoisotopic (exact) mass is 428 g/mol. The van der Waals surface area contributed by atoms with Gasteiger partial charge in [0.1, 0.15) is 11.9 Å². The molecule has 1 aliphatic rings. The third-order valence-electron chi connectivity index (χ3n) is 5.50. The van der Waals surface area contributed by atoms with Gasteiger partial charge in [0.05, 0.1) is 0 Å². The molecule has 0 saturated carbocycles. The number of benzene rings is 2. The molecule has 0 bridgehead atoms. The highest BCUT2D eigenvalue weighted by Crippen LogP contribution is 2.32. The van der Waals surface area contributed by atoms with Crippen molar-refractivity contribution in [3.05, 3.63) is 59.4 Å². The molecule has 2 aromatic carbocycles. The molecule has 1 N–H and O–H groups in total. The van der Waals surface area contributed by atoms with Gasteiger partial charge in [-0.2, -0.15) is 0 Å². The van der Waals surface area contributed by atoms with E-state index >= 15 is 0 Å². The summed E-state index contributed by atoms with van der Waals surface area (Å²) in [6.45, 7) is 6.07. The largest absolute Gasteiger partial charge is 0.454 e. The van der Waals surface area contributed by atoms with E-state index in [0.29, 0.717) is 17.9 Å². The van der Waals surface area contributed by atoms with Crippen molar-refractivity contribution in [3.8, 4) is 11.5 Å². The first-order valence-electron chi connectivity index (χ1n) is 10.6. The highest BCUT2D eigenvalue weighted by Gasteiger charge is 2.26. The lowest BCUT2D eigenvalue weighted by Gasteiger charge is -2.29. The lowest BCUT2D eigenvalue weighted by molar-refractivity contribution is -0.140. The van der Waals surface area contributed by atoms with E-state index in [4.69, 9.17) is 9.47 Å². The van der Waals surface area contributed by atoms with Gasteiger partial charge >= 0.3 is 0 Å². The Labute approximate surface area is 182 Å². The van der Waals surface area contributed by atoms with Gasteiger partial charge in [0.2, 0.25) is 18.6 Å². The normalized spacial score (nSPS) is 14.1. The maximum absolute atomic E-state index is 13.3. The highest BCUT2D eigenvalue weighted by atomic mass is 19.1. The number of amides is 2. The van der Waals surface area contributed by atoms with Crippen molar-refractivity contribution in [3.63, 3.8) is 0 Å². The lowest BCUT2D eigenvalue weighted by Crippen LogP contribution is -2.49. The molecule has 166 valence electrons. The maximum Gasteiger partial charge on any atom is 0.242 e. The van der Waals surface area contributed by atoms with Gasteiger partial charge in [0.15, 0.2) is 11.5 Å². The quantitative estimate of drug-likeness (QED) is 0.659. The average molecular weight is 429 g/mol. The summed E-state index contributed by atoms with van der Waals surface area (Å²) in [6, 6.07) is 11.0. The van der Waals surface area contributed by atoms with Crippen LogP contribution in [-0.4, -0.2) is 35.6 Å². The van der Waals surface area contributed by atoms with Gasteiger partial charge in [-0.3, -0.25) is 9.59 Å². The molecule has 0 spiro atoms. The number of hydrogen-bond donors (Lipinski definition) is 1. The number of carbonyl (C=O) groups excluding carboxylic acids is 2. The van der Waals surface area contributed by atoms with E-state index in [-0.39, 0.29) is 43.4 Å². The predicted molar refractivity (Wildman–Crippen MR) is 115 cm³/mol. The molecular weight excluding hydrogens is 399 g/mol. The van der Waals surface area contributed by atoms with Crippen LogP contribution in [0.3, 0.4) is 0 Å². The first kappa shape index (κ1) is 22.6. The first-order chi connectivity index (χ1) is 14.9. The van der Waals surface area contributed by atoms with Crippen molar-refractivity contribution in [1.29, 1.82) is 0 Å². The van der Waals surface area contributed by atoms with E-state index in [1.165, 1.54) is 12.1 Å². The van der Waals surface area contributed by atoms with Crippen LogP contribution in [0.15, 0.2) is 42.5 Å². The molecule has 0 unspecified atom stereocenters. The van der Waals surface area contributed by atoms with Crippen LogP contribution in [0.5, 0.6) is 11.5 Å². The van der Waals surface area contributed by atoms with E-state index in [2.05, 4.69) is 5.32 Å². The molecule has 0 aromatic heterocycles. The minimum atomic E-state index is -0.650. The summed E-state index contributed by atoms with van der Waals surface area (Å²) in [5.74, 6) is 0.687. The molecule has 3 rings (SSSR count). The second kappa shape index (κ2) is 10.3. The van der Waals surface area contributed by atoms with Crippen molar-refractivity contribution in [2.75, 3.05) is 6.79 Å². The van der Waals surface area contributed by atoms with Crippen LogP contribution in [0.2, 0.25) is 0 Å². The van der Waals surface area contributed by atoms with Crippen LogP contribution in [0.1, 0.15) is 44.7 Å². The fourth-order valence-electron chi connectivity index (χ4n) is 3.33. The molecule has 31 heavy (non-hydrogen) atoms. The number of halogens is 1. The van der Waals surface area contributed by atoms with Gasteiger partial charge in [-0.05, 0) is 62.1 Å². The van der Waals surface area contributed by atoms with E-state index < -0.39 is 6.04 Å². The van der Waals surface area contributed by atoms with Gasteiger partial charge in [-0.25, -0.2) is 4.39 Å². The molecule has 7 heteroatoms. The molecule has 2 amide bonds. The molecule has 0 aliphatic carbocycles. The Morgan fingerprint density at radius 1 is 1.06 bits per heavy atom. The smallest absolute Gasteiger partial charge is 0.242 e. The number of fused-ring (bicyclic) bond motifs is 1. The number of ether oxygens (including phenoxy) is 2. The standard InChI is InChI=1S/C24H29FN2O4/c1-4-16(2)26-24(29)17(3)27(14-19-5-9-20(25)10-6-19)23(28)12-8-18-7-11-21-22(13-18)31-15-30-21/h5-7,9-11,13,16-17H,4,8,12,14-15H2,1-3H3,(H,26,29)/t16-,17+/m0/s1. The maximum atomic E-state index is 13.3. The average Bonchev–Trinajstić information content (AvgIpc) is 3.24. The summed E-state index contributed by atoms with van der Waals surface area (Å²) in [4.78, 5) is 27.4. The van der Waals surface area contributed by atoms with Crippen LogP contribution in [-0.2, 0) is 22.6 Å². The number of hydrogen-bond acceptors (Lipinski definition) is 4. The van der Waals surface area contributed by atoms with Crippen molar-refractivity contribution in [2.45, 2.75) is 58.7 Å². The number of nitrogens with one attached hydrogen (secondary N) is 1. The number of nitrogens with zero attached hydrogens (tertiary/aromatic N) is 1. The van der Waals surface area contributed by atoms with Gasteiger partial charge in [-0.1, -0.05) is 25.1 Å². The van der Waals surface area contributed by atoms with Gasteiger partial charge in [0.25, 0.3) is 0 Å². The fraction of sp³-hybridized carbons (Fsp3) is 0.417. The van der Waals surface area contributed by atoms with E-state index in [9.17, 15) is 14.0 Å². The van der Waals surface area contributed by atoms with Crippen LogP contribution >= 0.6 is 0 Å². The highest BCUT2D eigenvalue weighted by molar-refractivity contribution is 5.87. The van der Waals surface area contributed by atoms with Crippen molar-refractivity contribution in [1.82, 2.24) is 10.2 Å². The van der Waals surface area contributed by atoms with Crippen molar-refractivity contribution < 1.29 is 23.5 Å². The van der Waals surface area contributed by atoms with E-state index in [1.54, 1.807) is 24.0 Å². The van der Waals surface area contributed by atoms with Crippen LogP contribution < -0.4 is 14.8 Å². The molecule has 1 heterocycles. The third kappa shape index (κ3) is 5.96. The van der Waals surface area contributed by atoms with Gasteiger partial charge < -0.3 is 19.7 Å². The Morgan fingerprint density at radius 2 is 1.74 bits per heavy atom. The molecule has 1 aliphatic heterocycles. The SMILES string of the molecule is CC[C@H](C)NC(=O)[C@@H](C)N(Cc1ccc(F)cc1)C(=O)CCc1ccc2c(c1)OCO2. The second-order valence-electron chi connectivity index (χ2n) is 7.83. The number of rotatable bonds is 9. The minimum absolute atomic E-state index is 0.0198. The lowest BCUT2D eigenvalue weighted by atomic mass is 10.1. The Hall–Kier alpha value is -3.09. The summed E-state index contributed by atoms with van der Waals surface area (Å²) in [7, 11) is 0. The zero-order chi connectivity index (χ0) is 22.4. The summed E-state index contributed by atoms with van der Waals surface area (Å²) < 4.78 is 24.0. The summed E-state index contributed by atoms with van der Waals surface area (Å²) in [5, 5.41) is 2.94. The molecule has 2 atom stereocenters. The zero-order valence-electron chi connectivity index (χ0n) is 18.2. The predicted octanol–water partition coefficient (Wildman–Crippen LogP) is 3.82. The summed E-state index contributed by atoms with van der Waals surface area (Å²) in [5.41, 5.74) is 1.72. The zero-order valence-corrected chi connectivity index (χ0v) is 18.2. The summed E-state index contributed by atoms with van der Waals surface area (Å²) >= 11 is 0. The van der Waals surface area contributed by atoms with Gasteiger partial charge in [-0.15, -0.1) is 0 Å². The number of aryl methyl sites for hydroxylation is 1. The van der Waals surface area contributed by atoms with E-state index in [0.717, 1.165) is 17.5 Å². The molecule has 6 nitrogen and oxygen atoms in total. The van der Waals surface area contributed by atoms with Crippen LogP contribution in [0, 0.1) is 5.82 Å².